The van der Waals surface area contributed by atoms with Gasteiger partial charge in [0, 0.05) is 5.56 Å². The van der Waals surface area contributed by atoms with Crippen LogP contribution in [0.25, 0.3) is 10.6 Å². The molecule has 88 valence electrons. The Kier molecular flexibility index (Phi) is 3.19. The molecule has 0 aliphatic heterocycles. The summed E-state index contributed by atoms with van der Waals surface area (Å²) in [6.07, 6.45) is 1.44. The Hall–Kier alpha value is -1.75. The Morgan fingerprint density at radius 1 is 1.47 bits per heavy atom. The van der Waals surface area contributed by atoms with Gasteiger partial charge < -0.3 is 4.74 Å². The van der Waals surface area contributed by atoms with Crippen molar-refractivity contribution in [3.05, 3.63) is 40.7 Å². The van der Waals surface area contributed by atoms with Crippen molar-refractivity contribution in [3.8, 4) is 10.6 Å². The third-order valence-electron chi connectivity index (χ3n) is 2.32. The van der Waals surface area contributed by atoms with Crippen LogP contribution >= 0.6 is 11.3 Å². The molecule has 1 aromatic carbocycles. The van der Waals surface area contributed by atoms with Gasteiger partial charge in [-0.05, 0) is 24.6 Å². The van der Waals surface area contributed by atoms with Crippen LogP contribution < -0.4 is 0 Å². The molecule has 0 unspecified atom stereocenters. The van der Waals surface area contributed by atoms with Gasteiger partial charge in [0.05, 0.1) is 13.3 Å². The molecule has 0 saturated heterocycles. The third-order valence-corrected chi connectivity index (χ3v) is 3.33. The molecule has 0 radical (unpaired) electrons. The first kappa shape index (κ1) is 11.7. The quantitative estimate of drug-likeness (QED) is 0.770. The van der Waals surface area contributed by atoms with Crippen LogP contribution in [0.3, 0.4) is 0 Å². The summed E-state index contributed by atoms with van der Waals surface area (Å²) in [6, 6.07) is 4.49. The van der Waals surface area contributed by atoms with E-state index in [0.717, 1.165) is 5.56 Å². The van der Waals surface area contributed by atoms with Crippen molar-refractivity contribution in [2.24, 2.45) is 0 Å². The lowest BCUT2D eigenvalue weighted by Gasteiger charge is -2.01. The molecule has 0 atom stereocenters. The maximum atomic E-state index is 13.1. The Labute approximate surface area is 102 Å². The highest BCUT2D eigenvalue weighted by Crippen LogP contribution is 2.28. The number of nitrogens with zero attached hydrogens (tertiary/aromatic N) is 1. The summed E-state index contributed by atoms with van der Waals surface area (Å²) >= 11 is 1.19. The van der Waals surface area contributed by atoms with Crippen molar-refractivity contribution in [2.45, 2.75) is 6.92 Å². The second-order valence-electron chi connectivity index (χ2n) is 3.48. The maximum Gasteiger partial charge on any atom is 0.349 e. The van der Waals surface area contributed by atoms with E-state index in [1.54, 1.807) is 6.07 Å². The predicted molar refractivity (Wildman–Crippen MR) is 63.6 cm³/mol. The second-order valence-corrected chi connectivity index (χ2v) is 4.51. The first-order valence-electron chi connectivity index (χ1n) is 4.92. The fourth-order valence-corrected chi connectivity index (χ4v) is 2.33. The molecule has 0 spiro atoms. The average molecular weight is 251 g/mol. The summed E-state index contributed by atoms with van der Waals surface area (Å²) in [7, 11) is 1.31. The molecule has 17 heavy (non-hydrogen) atoms. The van der Waals surface area contributed by atoms with Gasteiger partial charge in [-0.15, -0.1) is 11.3 Å². The number of hydrogen-bond donors (Lipinski definition) is 0. The zero-order valence-corrected chi connectivity index (χ0v) is 10.2. The topological polar surface area (TPSA) is 39.2 Å². The van der Waals surface area contributed by atoms with Gasteiger partial charge in [0.2, 0.25) is 0 Å². The molecular formula is C12H10FNO2S. The lowest BCUT2D eigenvalue weighted by atomic mass is 10.1. The molecule has 0 aliphatic carbocycles. The van der Waals surface area contributed by atoms with Crippen LogP contribution in [0.15, 0.2) is 24.4 Å². The summed E-state index contributed by atoms with van der Waals surface area (Å²) < 4.78 is 17.7. The van der Waals surface area contributed by atoms with Gasteiger partial charge in [-0.25, -0.2) is 14.2 Å². The van der Waals surface area contributed by atoms with Crippen LogP contribution in [0.2, 0.25) is 0 Å². The molecule has 3 nitrogen and oxygen atoms in total. The molecule has 2 rings (SSSR count). The Morgan fingerprint density at radius 3 is 2.94 bits per heavy atom. The van der Waals surface area contributed by atoms with E-state index in [0.29, 0.717) is 15.4 Å². The van der Waals surface area contributed by atoms with E-state index in [-0.39, 0.29) is 5.82 Å². The fourth-order valence-electron chi connectivity index (χ4n) is 1.42. The number of hydrogen-bond acceptors (Lipinski definition) is 4. The Balaban J connectivity index is 2.43. The summed E-state index contributed by atoms with van der Waals surface area (Å²) in [6.45, 7) is 1.87. The van der Waals surface area contributed by atoms with Crippen molar-refractivity contribution in [1.82, 2.24) is 4.98 Å². The van der Waals surface area contributed by atoms with Crippen molar-refractivity contribution < 1.29 is 13.9 Å². The lowest BCUT2D eigenvalue weighted by Crippen LogP contribution is -1.96. The summed E-state index contributed by atoms with van der Waals surface area (Å²) in [5, 5.41) is 0.613. The SMILES string of the molecule is COC(=O)c1cnc(-c2cc(F)ccc2C)s1. The van der Waals surface area contributed by atoms with Gasteiger partial charge in [-0.1, -0.05) is 6.07 Å². The average Bonchev–Trinajstić information content (AvgIpc) is 2.80. The van der Waals surface area contributed by atoms with Gasteiger partial charge >= 0.3 is 5.97 Å². The van der Waals surface area contributed by atoms with Crippen molar-refractivity contribution >= 4 is 17.3 Å². The van der Waals surface area contributed by atoms with E-state index in [1.807, 2.05) is 6.92 Å². The number of thiazole rings is 1. The van der Waals surface area contributed by atoms with Crippen molar-refractivity contribution in [2.75, 3.05) is 7.11 Å². The molecule has 5 heteroatoms. The number of rotatable bonds is 2. The molecule has 0 bridgehead atoms. The summed E-state index contributed by atoms with van der Waals surface area (Å²) in [4.78, 5) is 15.8. The van der Waals surface area contributed by atoms with Crippen LogP contribution in [0, 0.1) is 12.7 Å². The highest BCUT2D eigenvalue weighted by molar-refractivity contribution is 7.16. The Morgan fingerprint density at radius 2 is 2.24 bits per heavy atom. The van der Waals surface area contributed by atoms with Crippen LogP contribution in [0.5, 0.6) is 0 Å². The second kappa shape index (κ2) is 4.63. The minimum Gasteiger partial charge on any atom is -0.465 e. The minimum atomic E-state index is -0.428. The molecular weight excluding hydrogens is 241 g/mol. The van der Waals surface area contributed by atoms with Crippen LogP contribution in [-0.4, -0.2) is 18.1 Å². The van der Waals surface area contributed by atoms with E-state index in [9.17, 15) is 9.18 Å². The van der Waals surface area contributed by atoms with Crippen molar-refractivity contribution in [3.63, 3.8) is 0 Å². The Bertz CT molecular complexity index is 565. The van der Waals surface area contributed by atoms with Crippen LogP contribution in [-0.2, 0) is 4.74 Å². The number of ether oxygens (including phenoxy) is 1. The number of aryl methyl sites for hydroxylation is 1. The van der Waals surface area contributed by atoms with E-state index in [4.69, 9.17) is 0 Å². The lowest BCUT2D eigenvalue weighted by molar-refractivity contribution is 0.0606. The maximum absolute atomic E-state index is 13.1. The molecule has 0 fully saturated rings. The first-order chi connectivity index (χ1) is 8.11. The molecule has 0 saturated carbocycles. The molecule has 0 aliphatic rings. The highest BCUT2D eigenvalue weighted by Gasteiger charge is 2.13. The predicted octanol–water partition coefficient (Wildman–Crippen LogP) is 3.04. The summed E-state index contributed by atoms with van der Waals surface area (Å²) in [5.41, 5.74) is 1.61. The minimum absolute atomic E-state index is 0.319. The third kappa shape index (κ3) is 2.34. The van der Waals surface area contributed by atoms with E-state index >= 15 is 0 Å². The van der Waals surface area contributed by atoms with Crippen LogP contribution in [0.4, 0.5) is 4.39 Å². The van der Waals surface area contributed by atoms with Gasteiger partial charge in [0.1, 0.15) is 15.7 Å². The molecule has 1 heterocycles. The monoisotopic (exact) mass is 251 g/mol. The largest absolute Gasteiger partial charge is 0.465 e. The molecule has 0 N–H and O–H groups in total. The zero-order valence-electron chi connectivity index (χ0n) is 9.36. The number of carbonyl (C=O) groups is 1. The van der Waals surface area contributed by atoms with E-state index in [2.05, 4.69) is 9.72 Å². The van der Waals surface area contributed by atoms with Gasteiger partial charge in [-0.2, -0.15) is 0 Å². The fraction of sp³-hybridized carbons (Fsp3) is 0.167. The van der Waals surface area contributed by atoms with Crippen LogP contribution in [0.1, 0.15) is 15.2 Å². The van der Waals surface area contributed by atoms with Gasteiger partial charge in [-0.3, -0.25) is 0 Å². The van der Waals surface area contributed by atoms with Gasteiger partial charge in [0.15, 0.2) is 0 Å². The van der Waals surface area contributed by atoms with Gasteiger partial charge in [0.25, 0.3) is 0 Å². The highest BCUT2D eigenvalue weighted by atomic mass is 32.1. The molecule has 1 aromatic heterocycles. The van der Waals surface area contributed by atoms with E-state index in [1.165, 1.54) is 36.8 Å². The molecule has 0 amide bonds. The number of carbonyl (C=O) groups excluding carboxylic acids is 1. The number of benzene rings is 1. The normalized spacial score (nSPS) is 10.3. The summed E-state index contributed by atoms with van der Waals surface area (Å²) in [5.74, 6) is -0.747. The number of esters is 1. The smallest absolute Gasteiger partial charge is 0.349 e. The van der Waals surface area contributed by atoms with Crippen molar-refractivity contribution in [1.29, 1.82) is 0 Å². The van der Waals surface area contributed by atoms with E-state index < -0.39 is 5.97 Å². The number of halogens is 1. The first-order valence-corrected chi connectivity index (χ1v) is 5.74. The standard InChI is InChI=1S/C12H10FNO2S/c1-7-3-4-8(13)5-9(7)11-14-6-10(17-11)12(15)16-2/h3-6H,1-2H3. The number of methoxy groups -OCH3 is 1. The number of aromatic nitrogens is 1. The molecule has 2 aromatic rings. The zero-order chi connectivity index (χ0) is 12.4.